The Kier molecular flexibility index (Phi) is 7.44. The van der Waals surface area contributed by atoms with Crippen LogP contribution in [0, 0.1) is 11.7 Å². The summed E-state index contributed by atoms with van der Waals surface area (Å²) in [5.41, 5.74) is 3.50. The van der Waals surface area contributed by atoms with Crippen LogP contribution in [-0.2, 0) is 34.8 Å². The highest BCUT2D eigenvalue weighted by atomic mass is 35.5. The van der Waals surface area contributed by atoms with E-state index in [0.29, 0.717) is 23.6 Å². The molecule has 4 aromatic rings. The standard InChI is InChI=1S/C31H30ClFN4O3S/c1-36-15-14-34-30(36)19-37(31(38)27-18-26(27)24-9-2-3-10-28(24)32)22-13-12-20-6-4-11-29(25(20)17-22)35-41(39,40)23-8-5-7-21(33)16-23/h2-3,5,7-10,12-17,26-27,29,35H,4,6,11,18-19H2,1H3/t26-,27+,29+/m0/s1. The van der Waals surface area contributed by atoms with Crippen molar-refractivity contribution in [1.82, 2.24) is 14.3 Å². The molecule has 10 heteroatoms. The first-order valence-corrected chi connectivity index (χ1v) is 15.5. The van der Waals surface area contributed by atoms with Gasteiger partial charge in [0.15, 0.2) is 0 Å². The van der Waals surface area contributed by atoms with Gasteiger partial charge in [0.1, 0.15) is 11.6 Å². The number of carbonyl (C=O) groups is 1. The first-order chi connectivity index (χ1) is 19.7. The summed E-state index contributed by atoms with van der Waals surface area (Å²) in [4.78, 5) is 20.1. The zero-order chi connectivity index (χ0) is 28.7. The Morgan fingerprint density at radius 1 is 1.12 bits per heavy atom. The van der Waals surface area contributed by atoms with Gasteiger partial charge in [0.25, 0.3) is 0 Å². The maximum absolute atomic E-state index is 14.0. The third-order valence-corrected chi connectivity index (χ3v) is 9.87. The lowest BCUT2D eigenvalue weighted by molar-refractivity contribution is -0.120. The van der Waals surface area contributed by atoms with E-state index in [1.807, 2.05) is 60.3 Å². The molecule has 1 N–H and O–H groups in total. The van der Waals surface area contributed by atoms with E-state index in [2.05, 4.69) is 9.71 Å². The van der Waals surface area contributed by atoms with Gasteiger partial charge < -0.3 is 9.47 Å². The second kappa shape index (κ2) is 11.0. The van der Waals surface area contributed by atoms with Gasteiger partial charge in [-0.25, -0.2) is 22.5 Å². The largest absolute Gasteiger partial charge is 0.337 e. The molecular weight excluding hydrogens is 563 g/mol. The van der Waals surface area contributed by atoms with Crippen molar-refractivity contribution in [3.8, 4) is 0 Å². The molecule has 1 fully saturated rings. The smallest absolute Gasteiger partial charge is 0.241 e. The summed E-state index contributed by atoms with van der Waals surface area (Å²) in [6.45, 7) is 0.270. The second-order valence-electron chi connectivity index (χ2n) is 10.8. The average molecular weight is 593 g/mol. The SMILES string of the molecule is Cn1ccnc1CN(C(=O)[C@@H]1C[C@H]1c1ccccc1Cl)c1ccc2c(c1)[C@H](NS(=O)(=O)c1cccc(F)c1)CCC2. The molecule has 1 amide bonds. The highest BCUT2D eigenvalue weighted by molar-refractivity contribution is 7.89. The number of hydrogen-bond donors (Lipinski definition) is 1. The minimum Gasteiger partial charge on any atom is -0.337 e. The van der Waals surface area contributed by atoms with Gasteiger partial charge in [-0.05, 0) is 84.7 Å². The number of hydrogen-bond acceptors (Lipinski definition) is 4. The zero-order valence-electron chi connectivity index (χ0n) is 22.5. The van der Waals surface area contributed by atoms with Gasteiger partial charge >= 0.3 is 0 Å². The summed E-state index contributed by atoms with van der Waals surface area (Å²) in [6, 6.07) is 17.9. The minimum atomic E-state index is -3.96. The van der Waals surface area contributed by atoms with E-state index in [1.54, 1.807) is 11.1 Å². The Balaban J connectivity index is 1.32. The Bertz CT molecular complexity index is 1720. The average Bonchev–Trinajstić information content (AvgIpc) is 3.65. The summed E-state index contributed by atoms with van der Waals surface area (Å²) < 4.78 is 44.8. The second-order valence-corrected chi connectivity index (χ2v) is 12.9. The van der Waals surface area contributed by atoms with E-state index in [-0.39, 0.29) is 29.2 Å². The van der Waals surface area contributed by atoms with Crippen molar-refractivity contribution < 1.29 is 17.6 Å². The molecule has 41 heavy (non-hydrogen) atoms. The number of anilines is 1. The predicted molar refractivity (Wildman–Crippen MR) is 156 cm³/mol. The number of halogens is 2. The number of aromatic nitrogens is 2. The molecule has 212 valence electrons. The third kappa shape index (κ3) is 5.66. The summed E-state index contributed by atoms with van der Waals surface area (Å²) in [5, 5.41) is 0.658. The van der Waals surface area contributed by atoms with E-state index in [1.165, 1.54) is 18.2 Å². The molecule has 0 saturated heterocycles. The van der Waals surface area contributed by atoms with Crippen molar-refractivity contribution in [2.24, 2.45) is 13.0 Å². The molecule has 2 aliphatic carbocycles. The lowest BCUT2D eigenvalue weighted by Gasteiger charge is -2.29. The van der Waals surface area contributed by atoms with Gasteiger partial charge in [-0.2, -0.15) is 0 Å². The van der Waals surface area contributed by atoms with Gasteiger partial charge in [-0.3, -0.25) is 4.79 Å². The number of nitrogens with one attached hydrogen (secondary N) is 1. The Morgan fingerprint density at radius 3 is 2.71 bits per heavy atom. The van der Waals surface area contributed by atoms with Crippen molar-refractivity contribution in [3.05, 3.63) is 112 Å². The van der Waals surface area contributed by atoms with E-state index in [0.717, 1.165) is 41.4 Å². The van der Waals surface area contributed by atoms with Gasteiger partial charge in [-0.15, -0.1) is 0 Å². The topological polar surface area (TPSA) is 84.3 Å². The lowest BCUT2D eigenvalue weighted by atomic mass is 9.87. The van der Waals surface area contributed by atoms with Crippen LogP contribution in [0.5, 0.6) is 0 Å². The molecular formula is C31H30ClFN4O3S. The van der Waals surface area contributed by atoms with Crippen LogP contribution >= 0.6 is 11.6 Å². The fourth-order valence-corrected chi connectivity index (χ4v) is 7.30. The molecule has 1 aromatic heterocycles. The van der Waals surface area contributed by atoms with Crippen molar-refractivity contribution >= 4 is 33.2 Å². The molecule has 0 spiro atoms. The van der Waals surface area contributed by atoms with E-state index in [4.69, 9.17) is 11.6 Å². The van der Waals surface area contributed by atoms with Gasteiger partial charge in [0.2, 0.25) is 15.9 Å². The van der Waals surface area contributed by atoms with E-state index in [9.17, 15) is 17.6 Å². The van der Waals surface area contributed by atoms with E-state index < -0.39 is 21.9 Å². The van der Waals surface area contributed by atoms with Crippen molar-refractivity contribution in [2.45, 2.75) is 49.1 Å². The van der Waals surface area contributed by atoms with Crippen LogP contribution in [-0.4, -0.2) is 23.9 Å². The van der Waals surface area contributed by atoms with Crippen LogP contribution in [0.1, 0.15) is 53.7 Å². The molecule has 3 aromatic carbocycles. The summed E-state index contributed by atoms with van der Waals surface area (Å²) in [6.07, 6.45) is 6.45. The minimum absolute atomic E-state index is 0.0226. The first kappa shape index (κ1) is 27.6. The van der Waals surface area contributed by atoms with Crippen LogP contribution in [0.25, 0.3) is 0 Å². The van der Waals surface area contributed by atoms with Crippen LogP contribution < -0.4 is 9.62 Å². The van der Waals surface area contributed by atoms with Crippen LogP contribution in [0.4, 0.5) is 10.1 Å². The predicted octanol–water partition coefficient (Wildman–Crippen LogP) is 5.91. The Morgan fingerprint density at radius 2 is 1.95 bits per heavy atom. The van der Waals surface area contributed by atoms with Gasteiger partial charge in [0.05, 0.1) is 11.4 Å². The Hall–Kier alpha value is -3.53. The molecule has 0 bridgehead atoms. The Labute approximate surface area is 244 Å². The van der Waals surface area contributed by atoms with Crippen molar-refractivity contribution in [1.29, 1.82) is 0 Å². The highest BCUT2D eigenvalue weighted by Gasteiger charge is 2.47. The molecule has 6 rings (SSSR count). The first-order valence-electron chi connectivity index (χ1n) is 13.6. The molecule has 2 aliphatic rings. The number of carbonyl (C=O) groups excluding carboxylic acids is 1. The fraction of sp³-hybridized carbons (Fsp3) is 0.290. The molecule has 1 heterocycles. The number of benzene rings is 3. The number of amides is 1. The molecule has 0 unspecified atom stereocenters. The number of nitrogens with zero attached hydrogens (tertiary/aromatic N) is 3. The normalized spacial score (nSPS) is 19.9. The third-order valence-electron chi connectivity index (χ3n) is 8.06. The fourth-order valence-electron chi connectivity index (χ4n) is 5.74. The number of sulfonamides is 1. The quantitative estimate of drug-likeness (QED) is 0.276. The number of imidazole rings is 1. The molecule has 3 atom stereocenters. The van der Waals surface area contributed by atoms with Crippen LogP contribution in [0.3, 0.4) is 0 Å². The number of rotatable bonds is 8. The molecule has 1 saturated carbocycles. The van der Waals surface area contributed by atoms with Crippen LogP contribution in [0.2, 0.25) is 5.02 Å². The molecule has 0 radical (unpaired) electrons. The maximum Gasteiger partial charge on any atom is 0.241 e. The van der Waals surface area contributed by atoms with Crippen LogP contribution in [0.15, 0.2) is 84.0 Å². The van der Waals surface area contributed by atoms with Gasteiger partial charge in [-0.1, -0.05) is 41.9 Å². The zero-order valence-corrected chi connectivity index (χ0v) is 24.1. The lowest BCUT2D eigenvalue weighted by Crippen LogP contribution is -2.34. The summed E-state index contributed by atoms with van der Waals surface area (Å²) >= 11 is 6.45. The maximum atomic E-state index is 14.0. The molecule has 7 nitrogen and oxygen atoms in total. The van der Waals surface area contributed by atoms with Crippen molar-refractivity contribution in [2.75, 3.05) is 4.90 Å². The van der Waals surface area contributed by atoms with E-state index >= 15 is 0 Å². The molecule has 0 aliphatic heterocycles. The summed E-state index contributed by atoms with van der Waals surface area (Å²) in [5.74, 6) is -0.0743. The summed E-state index contributed by atoms with van der Waals surface area (Å²) in [7, 11) is -2.08. The number of aryl methyl sites for hydroxylation is 2. The van der Waals surface area contributed by atoms with Crippen molar-refractivity contribution in [3.63, 3.8) is 0 Å². The number of fused-ring (bicyclic) bond motifs is 1. The highest BCUT2D eigenvalue weighted by Crippen LogP contribution is 2.51. The monoisotopic (exact) mass is 592 g/mol. The van der Waals surface area contributed by atoms with Gasteiger partial charge in [0, 0.05) is 42.1 Å².